The number of pyridine rings is 1. The van der Waals surface area contributed by atoms with Gasteiger partial charge in [0.15, 0.2) is 5.82 Å². The number of nitrogens with zero attached hydrogens (tertiary/aromatic N) is 4. The number of carbonyl (C=O) groups is 1. The number of alkyl halides is 6. The Bertz CT molecular complexity index is 1490. The molecular weight excluding hydrogens is 554 g/mol. The second kappa shape index (κ2) is 9.63. The van der Waals surface area contributed by atoms with Crippen molar-refractivity contribution in [3.8, 4) is 16.9 Å². The normalized spacial score (nSPS) is 12.0. The highest BCUT2D eigenvalue weighted by molar-refractivity contribution is 6.35. The van der Waals surface area contributed by atoms with Crippen molar-refractivity contribution in [2.45, 2.75) is 12.4 Å². The Morgan fingerprint density at radius 1 is 0.838 bits per heavy atom. The fraction of sp³-hybridized carbons (Fsp3) is 0.0909. The monoisotopic (exact) mass is 563 g/mol. The molecule has 37 heavy (non-hydrogen) atoms. The third kappa shape index (κ3) is 5.52. The summed E-state index contributed by atoms with van der Waals surface area (Å²) in [6, 6.07) is 4.47. The van der Waals surface area contributed by atoms with Crippen LogP contribution in [0.3, 0.4) is 0 Å². The van der Waals surface area contributed by atoms with Gasteiger partial charge in [0.25, 0.3) is 5.91 Å². The van der Waals surface area contributed by atoms with E-state index in [1.165, 1.54) is 0 Å². The van der Waals surface area contributed by atoms with Crippen LogP contribution in [0, 0.1) is 5.82 Å². The lowest BCUT2D eigenvalue weighted by Gasteiger charge is -2.17. The quantitative estimate of drug-likeness (QED) is 0.270. The number of rotatable bonds is 4. The maximum atomic E-state index is 13.9. The maximum Gasteiger partial charge on any atom is 0.420 e. The third-order valence-corrected chi connectivity index (χ3v) is 5.54. The molecule has 2 aromatic carbocycles. The molecular formula is C22H10Cl2F7N5O. The van der Waals surface area contributed by atoms with E-state index in [0.29, 0.717) is 16.9 Å². The van der Waals surface area contributed by atoms with Crippen LogP contribution in [-0.2, 0) is 12.4 Å². The van der Waals surface area contributed by atoms with Crippen LogP contribution in [0.1, 0.15) is 21.5 Å². The van der Waals surface area contributed by atoms with Crippen molar-refractivity contribution in [3.05, 3.63) is 87.5 Å². The molecule has 15 heteroatoms. The molecule has 0 saturated heterocycles. The largest absolute Gasteiger partial charge is 0.420 e. The van der Waals surface area contributed by atoms with E-state index in [-0.39, 0.29) is 10.6 Å². The molecule has 0 aliphatic heterocycles. The molecule has 0 spiro atoms. The number of hydrogen-bond acceptors (Lipinski definition) is 4. The van der Waals surface area contributed by atoms with Crippen LogP contribution in [0.2, 0.25) is 10.0 Å². The van der Waals surface area contributed by atoms with Gasteiger partial charge in [0.05, 0.1) is 45.5 Å². The van der Waals surface area contributed by atoms with Crippen molar-refractivity contribution in [3.63, 3.8) is 0 Å². The zero-order valence-electron chi connectivity index (χ0n) is 17.8. The number of halogens is 9. The van der Waals surface area contributed by atoms with Crippen LogP contribution < -0.4 is 5.32 Å². The van der Waals surface area contributed by atoms with E-state index < -0.39 is 62.9 Å². The fourth-order valence-corrected chi connectivity index (χ4v) is 3.85. The van der Waals surface area contributed by atoms with Gasteiger partial charge in [-0.3, -0.25) is 4.79 Å². The Morgan fingerprint density at radius 3 is 2.08 bits per heavy atom. The first-order chi connectivity index (χ1) is 17.3. The fourth-order valence-electron chi connectivity index (χ4n) is 3.33. The average Bonchev–Trinajstić information content (AvgIpc) is 3.32. The molecule has 0 fully saturated rings. The summed E-state index contributed by atoms with van der Waals surface area (Å²) in [6.07, 6.45) is -6.85. The third-order valence-electron chi connectivity index (χ3n) is 4.92. The summed E-state index contributed by atoms with van der Waals surface area (Å²) < 4.78 is 95.8. The zero-order valence-corrected chi connectivity index (χ0v) is 19.3. The second-order valence-electron chi connectivity index (χ2n) is 7.37. The number of hydrogen-bond donors (Lipinski definition) is 1. The van der Waals surface area contributed by atoms with E-state index in [9.17, 15) is 35.5 Å². The Kier molecular flexibility index (Phi) is 6.86. The number of aromatic nitrogens is 4. The number of carbonyl (C=O) groups excluding carboxylic acids is 1. The van der Waals surface area contributed by atoms with E-state index in [1.807, 2.05) is 0 Å². The van der Waals surface area contributed by atoms with E-state index in [4.69, 9.17) is 23.2 Å². The van der Waals surface area contributed by atoms with Gasteiger partial charge in [-0.15, -0.1) is 4.80 Å². The minimum atomic E-state index is -5.00. The first kappa shape index (κ1) is 26.4. The number of benzene rings is 2. The van der Waals surface area contributed by atoms with Crippen LogP contribution in [0.25, 0.3) is 16.9 Å². The van der Waals surface area contributed by atoms with Crippen molar-refractivity contribution in [2.75, 3.05) is 5.32 Å². The smallest absolute Gasteiger partial charge is 0.321 e. The maximum absolute atomic E-state index is 13.9. The molecule has 1 N–H and O–H groups in total. The molecule has 0 aliphatic carbocycles. The number of anilines is 1. The van der Waals surface area contributed by atoms with Crippen LogP contribution in [0.15, 0.2) is 55.0 Å². The SMILES string of the molecule is O=C(Nc1cnc(-n2nccn2)c(C(F)(F)F)c1)c1cc(C(F)(F)F)c(-c2ccc(F)cc2Cl)cc1Cl. The summed E-state index contributed by atoms with van der Waals surface area (Å²) in [7, 11) is 0. The van der Waals surface area contributed by atoms with Gasteiger partial charge >= 0.3 is 12.4 Å². The van der Waals surface area contributed by atoms with Crippen LogP contribution in [0.5, 0.6) is 0 Å². The molecule has 0 radical (unpaired) electrons. The van der Waals surface area contributed by atoms with Crippen LogP contribution in [-0.4, -0.2) is 25.9 Å². The first-order valence-corrected chi connectivity index (χ1v) is 10.6. The Labute approximate surface area is 212 Å². The minimum absolute atomic E-state index is 0.203. The van der Waals surface area contributed by atoms with E-state index >= 15 is 0 Å². The second-order valence-corrected chi connectivity index (χ2v) is 8.18. The summed E-state index contributed by atoms with van der Waals surface area (Å²) in [4.78, 5) is 17.0. The highest BCUT2D eigenvalue weighted by Gasteiger charge is 2.37. The number of nitrogens with one attached hydrogen (secondary N) is 1. The molecule has 0 bridgehead atoms. The van der Waals surface area contributed by atoms with Gasteiger partial charge in [-0.1, -0.05) is 23.2 Å². The highest BCUT2D eigenvalue weighted by atomic mass is 35.5. The topological polar surface area (TPSA) is 72.7 Å². The molecule has 0 atom stereocenters. The molecule has 192 valence electrons. The molecule has 2 aromatic heterocycles. The van der Waals surface area contributed by atoms with Crippen molar-refractivity contribution < 1.29 is 35.5 Å². The summed E-state index contributed by atoms with van der Waals surface area (Å²) >= 11 is 12.0. The lowest BCUT2D eigenvalue weighted by Crippen LogP contribution is -2.18. The first-order valence-electron chi connectivity index (χ1n) is 9.87. The van der Waals surface area contributed by atoms with Crippen LogP contribution >= 0.6 is 23.2 Å². The predicted molar refractivity (Wildman–Crippen MR) is 119 cm³/mol. The van der Waals surface area contributed by atoms with Gasteiger partial charge in [-0.25, -0.2) is 9.37 Å². The Morgan fingerprint density at radius 2 is 1.49 bits per heavy atom. The summed E-state index contributed by atoms with van der Waals surface area (Å²) in [5.41, 5.74) is -4.55. The lowest BCUT2D eigenvalue weighted by atomic mass is 9.96. The van der Waals surface area contributed by atoms with Crippen molar-refractivity contribution in [1.82, 2.24) is 20.0 Å². The zero-order chi connectivity index (χ0) is 27.1. The summed E-state index contributed by atoms with van der Waals surface area (Å²) in [5.74, 6) is -2.72. The Balaban J connectivity index is 1.75. The molecule has 4 rings (SSSR count). The molecule has 6 nitrogen and oxygen atoms in total. The molecule has 0 unspecified atom stereocenters. The summed E-state index contributed by atoms with van der Waals surface area (Å²) in [6.45, 7) is 0. The molecule has 0 saturated carbocycles. The van der Waals surface area contributed by atoms with Crippen LogP contribution in [0.4, 0.5) is 36.4 Å². The summed E-state index contributed by atoms with van der Waals surface area (Å²) in [5, 5.41) is 8.43. The van der Waals surface area contributed by atoms with Crippen molar-refractivity contribution in [2.24, 2.45) is 0 Å². The predicted octanol–water partition coefficient (Wildman–Crippen LogP) is 7.07. The van der Waals surface area contributed by atoms with E-state index in [1.54, 1.807) is 0 Å². The minimum Gasteiger partial charge on any atom is -0.321 e. The number of amides is 1. The molecule has 4 aromatic rings. The van der Waals surface area contributed by atoms with Crippen molar-refractivity contribution >= 4 is 34.8 Å². The molecule has 2 heterocycles. The highest BCUT2D eigenvalue weighted by Crippen LogP contribution is 2.42. The van der Waals surface area contributed by atoms with Gasteiger partial charge in [0.2, 0.25) is 0 Å². The van der Waals surface area contributed by atoms with Gasteiger partial charge in [-0.05, 0) is 42.0 Å². The van der Waals surface area contributed by atoms with E-state index in [2.05, 4.69) is 20.5 Å². The van der Waals surface area contributed by atoms with Gasteiger partial charge < -0.3 is 5.32 Å². The van der Waals surface area contributed by atoms with Gasteiger partial charge in [-0.2, -0.15) is 36.5 Å². The van der Waals surface area contributed by atoms with E-state index in [0.717, 1.165) is 42.9 Å². The Hall–Kier alpha value is -3.71. The average molecular weight is 564 g/mol. The molecule has 1 amide bonds. The lowest BCUT2D eigenvalue weighted by molar-refractivity contribution is -0.138. The standard InChI is InChI=1S/C22H10Cl2F7N5O/c23-17-5-10(25)1-2-12(17)13-8-18(24)14(7-15(13)21(26,27)28)20(37)35-11-6-16(22(29,30)31)19(32-9-11)36-33-3-4-34-36/h1-9H,(H,35,37). The van der Waals surface area contributed by atoms with Gasteiger partial charge in [0, 0.05) is 5.56 Å². The van der Waals surface area contributed by atoms with Gasteiger partial charge in [0.1, 0.15) is 11.4 Å². The van der Waals surface area contributed by atoms with Crippen molar-refractivity contribution in [1.29, 1.82) is 0 Å². The molecule has 0 aliphatic rings.